The van der Waals surface area contributed by atoms with Gasteiger partial charge in [-0.1, -0.05) is 0 Å². The lowest BCUT2D eigenvalue weighted by atomic mass is 9.98. The molecule has 2 heterocycles. The first-order valence-electron chi connectivity index (χ1n) is 9.58. The molecule has 10 atom stereocenters. The Morgan fingerprint density at radius 3 is 2.39 bits per heavy atom. The molecule has 10 heteroatoms. The topological polar surface area (TPSA) is 155 Å². The van der Waals surface area contributed by atoms with E-state index in [1.165, 1.54) is 6.92 Å². The predicted molar refractivity (Wildman–Crippen MR) is 94.1 cm³/mol. The van der Waals surface area contributed by atoms with Crippen molar-refractivity contribution in [2.75, 3.05) is 6.61 Å². The van der Waals surface area contributed by atoms with Crippen LogP contribution in [0.2, 0.25) is 0 Å². The summed E-state index contributed by atoms with van der Waals surface area (Å²) in [7, 11) is 0. The van der Waals surface area contributed by atoms with Crippen molar-refractivity contribution in [3.63, 3.8) is 0 Å². The molecule has 0 bridgehead atoms. The molecular weight excluding hydrogens is 376 g/mol. The van der Waals surface area contributed by atoms with Crippen LogP contribution in [0, 0.1) is 0 Å². The molecule has 0 aromatic heterocycles. The first-order valence-corrected chi connectivity index (χ1v) is 9.58. The Balaban J connectivity index is 2.05. The minimum absolute atomic E-state index is 0.0397. The van der Waals surface area contributed by atoms with Gasteiger partial charge in [-0.2, -0.15) is 0 Å². The molecule has 4 unspecified atom stereocenters. The van der Waals surface area contributed by atoms with E-state index in [9.17, 15) is 30.3 Å². The smallest absolute Gasteiger partial charge is 0.187 e. The van der Waals surface area contributed by atoms with Gasteiger partial charge in [0.15, 0.2) is 12.6 Å². The second-order valence-corrected chi connectivity index (χ2v) is 7.57. The number of Topliss-reactive ketones (excluding diaryl/α,β-unsaturated/α-hetero) is 1. The SMILES string of the molecule is CC(=O)CC[C@@H](C)O[C@@H]1OC(C)[C@H](O)CC1O[C@@H]1O[C@H](CO)[C@@H](O)C(O)C1O. The predicted octanol–water partition coefficient (Wildman–Crippen LogP) is -1.56. The zero-order valence-electron chi connectivity index (χ0n) is 16.4. The lowest BCUT2D eigenvalue weighted by Crippen LogP contribution is -2.61. The third-order valence-corrected chi connectivity index (χ3v) is 5.09. The number of hydrogen-bond donors (Lipinski definition) is 5. The van der Waals surface area contributed by atoms with E-state index in [-0.39, 0.29) is 18.3 Å². The van der Waals surface area contributed by atoms with Gasteiger partial charge in [-0.25, -0.2) is 0 Å². The van der Waals surface area contributed by atoms with Crippen molar-refractivity contribution in [2.45, 2.75) is 101 Å². The molecule has 0 amide bonds. The van der Waals surface area contributed by atoms with Crippen molar-refractivity contribution >= 4 is 5.78 Å². The van der Waals surface area contributed by atoms with Gasteiger partial charge in [0.1, 0.15) is 36.3 Å². The fraction of sp³-hybridized carbons (Fsp3) is 0.944. The summed E-state index contributed by atoms with van der Waals surface area (Å²) in [5, 5.41) is 49.4. The van der Waals surface area contributed by atoms with Crippen molar-refractivity contribution in [2.24, 2.45) is 0 Å². The Hall–Kier alpha value is -0.690. The Morgan fingerprint density at radius 2 is 1.79 bits per heavy atom. The highest BCUT2D eigenvalue weighted by Crippen LogP contribution is 2.30. The van der Waals surface area contributed by atoms with E-state index < -0.39 is 61.9 Å². The molecule has 2 aliphatic heterocycles. The van der Waals surface area contributed by atoms with Gasteiger partial charge in [0.05, 0.1) is 24.9 Å². The van der Waals surface area contributed by atoms with Crippen LogP contribution in [-0.4, -0.2) is 99.3 Å². The maximum Gasteiger partial charge on any atom is 0.187 e. The first-order chi connectivity index (χ1) is 13.1. The van der Waals surface area contributed by atoms with Crippen LogP contribution in [0.1, 0.15) is 40.0 Å². The molecule has 2 aliphatic rings. The van der Waals surface area contributed by atoms with Crippen LogP contribution in [0.4, 0.5) is 0 Å². The number of carbonyl (C=O) groups excluding carboxylic acids is 1. The van der Waals surface area contributed by atoms with E-state index in [0.717, 1.165) is 0 Å². The Kier molecular flexibility index (Phi) is 8.74. The number of aliphatic hydroxyl groups is 5. The molecule has 164 valence electrons. The van der Waals surface area contributed by atoms with Crippen LogP contribution in [0.5, 0.6) is 0 Å². The highest BCUT2D eigenvalue weighted by molar-refractivity contribution is 5.75. The van der Waals surface area contributed by atoms with Gasteiger partial charge in [-0.15, -0.1) is 0 Å². The molecule has 0 saturated carbocycles. The Morgan fingerprint density at radius 1 is 1.11 bits per heavy atom. The summed E-state index contributed by atoms with van der Waals surface area (Å²) in [4.78, 5) is 11.2. The van der Waals surface area contributed by atoms with Gasteiger partial charge in [0.2, 0.25) is 0 Å². The summed E-state index contributed by atoms with van der Waals surface area (Å²) in [5.41, 5.74) is 0. The van der Waals surface area contributed by atoms with E-state index >= 15 is 0 Å². The Labute approximate surface area is 164 Å². The maximum atomic E-state index is 11.2. The first kappa shape index (κ1) is 23.6. The number of rotatable bonds is 8. The zero-order valence-corrected chi connectivity index (χ0v) is 16.4. The molecule has 2 fully saturated rings. The van der Waals surface area contributed by atoms with Crippen LogP contribution in [0.15, 0.2) is 0 Å². The van der Waals surface area contributed by atoms with Gasteiger partial charge in [0, 0.05) is 12.8 Å². The van der Waals surface area contributed by atoms with Crippen LogP contribution in [-0.2, 0) is 23.7 Å². The van der Waals surface area contributed by atoms with Crippen molar-refractivity contribution in [3.8, 4) is 0 Å². The highest BCUT2D eigenvalue weighted by atomic mass is 16.7. The summed E-state index contributed by atoms with van der Waals surface area (Å²) in [6.07, 6.45) is -9.55. The molecule has 5 N–H and O–H groups in total. The van der Waals surface area contributed by atoms with Crippen LogP contribution >= 0.6 is 0 Å². The zero-order chi connectivity index (χ0) is 21.0. The highest BCUT2D eigenvalue weighted by Gasteiger charge is 2.47. The summed E-state index contributed by atoms with van der Waals surface area (Å²) in [6, 6.07) is 0. The van der Waals surface area contributed by atoms with E-state index in [0.29, 0.717) is 12.8 Å². The van der Waals surface area contributed by atoms with Crippen molar-refractivity contribution in [3.05, 3.63) is 0 Å². The average Bonchev–Trinajstić information content (AvgIpc) is 2.64. The molecule has 0 spiro atoms. The quantitative estimate of drug-likeness (QED) is 0.318. The third kappa shape index (κ3) is 5.91. The van der Waals surface area contributed by atoms with Crippen molar-refractivity contribution in [1.29, 1.82) is 0 Å². The molecule has 0 radical (unpaired) electrons. The Bertz CT molecular complexity index is 501. The fourth-order valence-corrected chi connectivity index (χ4v) is 3.23. The summed E-state index contributed by atoms with van der Waals surface area (Å²) >= 11 is 0. The molecule has 2 saturated heterocycles. The van der Waals surface area contributed by atoms with E-state index in [1.54, 1.807) is 13.8 Å². The standard InChI is InChI=1S/C18H32O10/c1-8(20)4-5-9(2)25-17-12(6-11(21)10(3)26-17)27-18-16(24)15(23)14(22)13(7-19)28-18/h9-19,21-24H,4-7H2,1-3H3/t9-,10?,11-,12?,13-,14-,15?,16?,17-,18-/m1/s1. The molecular formula is C18H32O10. The molecule has 0 aromatic carbocycles. The van der Waals surface area contributed by atoms with Crippen LogP contribution in [0.25, 0.3) is 0 Å². The van der Waals surface area contributed by atoms with E-state index in [2.05, 4.69) is 0 Å². The lowest BCUT2D eigenvalue weighted by molar-refractivity contribution is -0.352. The third-order valence-electron chi connectivity index (χ3n) is 5.09. The number of aliphatic hydroxyl groups excluding tert-OH is 5. The van der Waals surface area contributed by atoms with Crippen LogP contribution < -0.4 is 0 Å². The van der Waals surface area contributed by atoms with Gasteiger partial charge < -0.3 is 49.3 Å². The summed E-state index contributed by atoms with van der Waals surface area (Å²) < 4.78 is 22.6. The molecule has 0 aromatic rings. The lowest BCUT2D eigenvalue weighted by Gasteiger charge is -2.44. The number of carbonyl (C=O) groups is 1. The second-order valence-electron chi connectivity index (χ2n) is 7.57. The monoisotopic (exact) mass is 408 g/mol. The molecule has 10 nitrogen and oxygen atoms in total. The molecule has 28 heavy (non-hydrogen) atoms. The molecule has 2 rings (SSSR count). The van der Waals surface area contributed by atoms with Crippen molar-refractivity contribution in [1.82, 2.24) is 0 Å². The van der Waals surface area contributed by atoms with Crippen LogP contribution in [0.3, 0.4) is 0 Å². The van der Waals surface area contributed by atoms with Crippen molar-refractivity contribution < 1.29 is 49.3 Å². The van der Waals surface area contributed by atoms with Gasteiger partial charge in [-0.05, 0) is 27.2 Å². The molecule has 0 aliphatic carbocycles. The average molecular weight is 408 g/mol. The normalized spacial score (nSPS) is 42.9. The minimum atomic E-state index is -1.57. The fourth-order valence-electron chi connectivity index (χ4n) is 3.23. The van der Waals surface area contributed by atoms with E-state index in [4.69, 9.17) is 18.9 Å². The van der Waals surface area contributed by atoms with Gasteiger partial charge in [0.25, 0.3) is 0 Å². The largest absolute Gasteiger partial charge is 0.394 e. The number of hydrogen-bond acceptors (Lipinski definition) is 10. The maximum absolute atomic E-state index is 11.2. The summed E-state index contributed by atoms with van der Waals surface area (Å²) in [6.45, 7) is 4.39. The van der Waals surface area contributed by atoms with Gasteiger partial charge in [-0.3, -0.25) is 0 Å². The van der Waals surface area contributed by atoms with E-state index in [1.807, 2.05) is 0 Å². The minimum Gasteiger partial charge on any atom is -0.394 e. The number of ketones is 1. The number of ether oxygens (including phenoxy) is 4. The summed E-state index contributed by atoms with van der Waals surface area (Å²) in [5.74, 6) is 0.0397. The second kappa shape index (κ2) is 10.4. The van der Waals surface area contributed by atoms with Gasteiger partial charge >= 0.3 is 0 Å².